The first-order chi connectivity index (χ1) is 6.63. The van der Waals surface area contributed by atoms with Gasteiger partial charge < -0.3 is 0 Å². The molecule has 1 aromatic carbocycles. The second kappa shape index (κ2) is 5.77. The van der Waals surface area contributed by atoms with Crippen molar-refractivity contribution in [1.82, 2.24) is 0 Å². The van der Waals surface area contributed by atoms with E-state index in [0.717, 1.165) is 11.4 Å². The maximum Gasteiger partial charge on any atom is 0.0406 e. The lowest BCUT2D eigenvalue weighted by Gasteiger charge is -2.17. The lowest BCUT2D eigenvalue weighted by molar-refractivity contribution is 0.508. The van der Waals surface area contributed by atoms with Gasteiger partial charge in [0.15, 0.2) is 0 Å². The van der Waals surface area contributed by atoms with Crippen molar-refractivity contribution in [3.05, 3.63) is 34.9 Å². The minimum absolute atomic E-state index is 0.572. The molecule has 0 saturated carbocycles. The van der Waals surface area contributed by atoms with Crippen molar-refractivity contribution in [1.29, 1.82) is 0 Å². The van der Waals surface area contributed by atoms with Crippen LogP contribution >= 0.6 is 27.5 Å². The lowest BCUT2D eigenvalue weighted by atomic mass is 9.95. The summed E-state index contributed by atoms with van der Waals surface area (Å²) in [5.41, 5.74) is 1.37. The summed E-state index contributed by atoms with van der Waals surface area (Å²) in [4.78, 5) is 0.572. The van der Waals surface area contributed by atoms with Gasteiger partial charge in [-0.25, -0.2) is 0 Å². The zero-order valence-corrected chi connectivity index (χ0v) is 11.0. The molecule has 0 N–H and O–H groups in total. The molecule has 2 atom stereocenters. The smallest absolute Gasteiger partial charge is 0.0406 e. The highest BCUT2D eigenvalue weighted by molar-refractivity contribution is 9.09. The van der Waals surface area contributed by atoms with E-state index in [9.17, 15) is 0 Å². The molecule has 0 radical (unpaired) electrons. The Kier molecular flexibility index (Phi) is 4.97. The molecule has 0 bridgehead atoms. The van der Waals surface area contributed by atoms with Gasteiger partial charge in [0.2, 0.25) is 0 Å². The first kappa shape index (κ1) is 12.1. The topological polar surface area (TPSA) is 0 Å². The minimum atomic E-state index is 0.572. The zero-order chi connectivity index (χ0) is 10.6. The number of benzene rings is 1. The summed E-state index contributed by atoms with van der Waals surface area (Å²) in [6.45, 7) is 4.45. The molecule has 0 nitrogen and oxygen atoms in total. The second-order valence-electron chi connectivity index (χ2n) is 3.68. The van der Waals surface area contributed by atoms with Gasteiger partial charge >= 0.3 is 0 Å². The van der Waals surface area contributed by atoms with E-state index >= 15 is 0 Å². The van der Waals surface area contributed by atoms with Crippen molar-refractivity contribution in [2.45, 2.75) is 31.5 Å². The Labute approximate surface area is 99.8 Å². The molecule has 2 unspecified atom stereocenters. The maximum atomic E-state index is 5.84. The fourth-order valence-corrected chi connectivity index (χ4v) is 2.24. The van der Waals surface area contributed by atoms with Crippen LogP contribution in [-0.4, -0.2) is 4.83 Å². The van der Waals surface area contributed by atoms with Gasteiger partial charge in [0, 0.05) is 9.85 Å². The Hall–Kier alpha value is -0.0100. The van der Waals surface area contributed by atoms with E-state index in [1.165, 1.54) is 12.0 Å². The summed E-state index contributed by atoms with van der Waals surface area (Å²) < 4.78 is 0. The highest BCUT2D eigenvalue weighted by atomic mass is 79.9. The van der Waals surface area contributed by atoms with Gasteiger partial charge in [-0.3, -0.25) is 0 Å². The van der Waals surface area contributed by atoms with Crippen LogP contribution in [0.5, 0.6) is 0 Å². The van der Waals surface area contributed by atoms with Gasteiger partial charge in [0.05, 0.1) is 0 Å². The molecule has 0 heterocycles. The summed E-state index contributed by atoms with van der Waals surface area (Å²) in [5.74, 6) is 0.705. The molecule has 78 valence electrons. The fraction of sp³-hybridized carbons (Fsp3) is 0.500. The van der Waals surface area contributed by atoms with Crippen molar-refractivity contribution in [3.8, 4) is 0 Å². The van der Waals surface area contributed by atoms with Crippen LogP contribution in [-0.2, 0) is 6.42 Å². The van der Waals surface area contributed by atoms with E-state index in [1.807, 2.05) is 12.1 Å². The van der Waals surface area contributed by atoms with E-state index in [1.54, 1.807) is 0 Å². The van der Waals surface area contributed by atoms with Crippen LogP contribution in [0.4, 0.5) is 0 Å². The quantitative estimate of drug-likeness (QED) is 0.699. The van der Waals surface area contributed by atoms with Gasteiger partial charge in [-0.15, -0.1) is 0 Å². The first-order valence-electron chi connectivity index (χ1n) is 5.02. The van der Waals surface area contributed by atoms with E-state index in [0.29, 0.717) is 10.7 Å². The van der Waals surface area contributed by atoms with Crippen LogP contribution in [0.25, 0.3) is 0 Å². The molecule has 0 fully saturated rings. The van der Waals surface area contributed by atoms with Crippen LogP contribution in [0.1, 0.15) is 25.8 Å². The molecule has 1 aromatic rings. The SMILES string of the molecule is CCC(Cc1ccc(Cl)cc1)C(C)Br. The number of hydrogen-bond donors (Lipinski definition) is 0. The lowest BCUT2D eigenvalue weighted by Crippen LogP contribution is -2.12. The van der Waals surface area contributed by atoms with Gasteiger partial charge in [0.25, 0.3) is 0 Å². The third-order valence-corrected chi connectivity index (χ3v) is 3.58. The van der Waals surface area contributed by atoms with E-state index in [-0.39, 0.29) is 0 Å². The summed E-state index contributed by atoms with van der Waals surface area (Å²) >= 11 is 9.48. The molecule has 0 aromatic heterocycles. The van der Waals surface area contributed by atoms with Crippen molar-refractivity contribution in [2.24, 2.45) is 5.92 Å². The van der Waals surface area contributed by atoms with E-state index in [2.05, 4.69) is 41.9 Å². The normalized spacial score (nSPS) is 15.1. The largest absolute Gasteiger partial charge is 0.0891 e. The fourth-order valence-electron chi connectivity index (χ4n) is 1.55. The van der Waals surface area contributed by atoms with Crippen molar-refractivity contribution >= 4 is 27.5 Å². The monoisotopic (exact) mass is 274 g/mol. The third-order valence-electron chi connectivity index (χ3n) is 2.59. The molecule has 0 aliphatic carbocycles. The number of halogens is 2. The summed E-state index contributed by atoms with van der Waals surface area (Å²) in [7, 11) is 0. The zero-order valence-electron chi connectivity index (χ0n) is 8.63. The van der Waals surface area contributed by atoms with Gasteiger partial charge in [0.1, 0.15) is 0 Å². The van der Waals surface area contributed by atoms with Crippen LogP contribution < -0.4 is 0 Å². The molecule has 0 spiro atoms. The molecule has 0 amide bonds. The second-order valence-corrected chi connectivity index (χ2v) is 5.56. The molecule has 0 aliphatic heterocycles. The van der Waals surface area contributed by atoms with Crippen molar-refractivity contribution in [2.75, 3.05) is 0 Å². The van der Waals surface area contributed by atoms with Gasteiger partial charge in [-0.2, -0.15) is 0 Å². The molecular formula is C12H16BrCl. The highest BCUT2D eigenvalue weighted by Crippen LogP contribution is 2.22. The molecule has 0 saturated heterocycles. The summed E-state index contributed by atoms with van der Waals surface area (Å²) in [6, 6.07) is 8.14. The molecular weight excluding hydrogens is 259 g/mol. The highest BCUT2D eigenvalue weighted by Gasteiger charge is 2.12. The first-order valence-corrected chi connectivity index (χ1v) is 6.31. The van der Waals surface area contributed by atoms with Gasteiger partial charge in [-0.05, 0) is 30.0 Å². The Balaban J connectivity index is 2.63. The molecule has 2 heteroatoms. The Morgan fingerprint density at radius 2 is 1.86 bits per heavy atom. The van der Waals surface area contributed by atoms with E-state index < -0.39 is 0 Å². The average molecular weight is 276 g/mol. The van der Waals surface area contributed by atoms with Crippen molar-refractivity contribution < 1.29 is 0 Å². The van der Waals surface area contributed by atoms with Crippen LogP contribution in [0.3, 0.4) is 0 Å². The van der Waals surface area contributed by atoms with Gasteiger partial charge in [-0.1, -0.05) is 59.9 Å². The van der Waals surface area contributed by atoms with Crippen molar-refractivity contribution in [3.63, 3.8) is 0 Å². The maximum absolute atomic E-state index is 5.84. The van der Waals surface area contributed by atoms with E-state index in [4.69, 9.17) is 11.6 Å². The Morgan fingerprint density at radius 1 is 1.29 bits per heavy atom. The predicted octanol–water partition coefficient (Wildman–Crippen LogP) is 4.69. The standard InChI is InChI=1S/C12H16BrCl/c1-3-11(9(2)13)8-10-4-6-12(14)7-5-10/h4-7,9,11H,3,8H2,1-2H3. The molecule has 14 heavy (non-hydrogen) atoms. The average Bonchev–Trinajstić information content (AvgIpc) is 2.16. The predicted molar refractivity (Wildman–Crippen MR) is 67.3 cm³/mol. The molecule has 0 aliphatic rings. The van der Waals surface area contributed by atoms with Crippen LogP contribution in [0, 0.1) is 5.92 Å². The Bertz CT molecular complexity index is 266. The minimum Gasteiger partial charge on any atom is -0.0891 e. The number of rotatable bonds is 4. The third kappa shape index (κ3) is 3.62. The summed E-state index contributed by atoms with van der Waals surface area (Å²) in [5, 5.41) is 0.814. The number of hydrogen-bond acceptors (Lipinski definition) is 0. The van der Waals surface area contributed by atoms with Crippen LogP contribution in [0.2, 0.25) is 5.02 Å². The number of alkyl halides is 1. The molecule has 1 rings (SSSR count). The summed E-state index contributed by atoms with van der Waals surface area (Å²) in [6.07, 6.45) is 2.33. The van der Waals surface area contributed by atoms with Crippen LogP contribution in [0.15, 0.2) is 24.3 Å². The Morgan fingerprint density at radius 3 is 2.29 bits per heavy atom.